The van der Waals surface area contributed by atoms with Crippen molar-refractivity contribution in [3.63, 3.8) is 0 Å². The Bertz CT molecular complexity index is 846. The molecule has 2 aromatic carbocycles. The molecule has 29 heavy (non-hydrogen) atoms. The summed E-state index contributed by atoms with van der Waals surface area (Å²) in [4.78, 5) is 16.5. The second-order valence-corrected chi connectivity index (χ2v) is 7.36. The molecule has 1 aliphatic carbocycles. The lowest BCUT2D eigenvalue weighted by Crippen LogP contribution is -2.37. The van der Waals surface area contributed by atoms with Gasteiger partial charge in [-0.25, -0.2) is 4.39 Å². The lowest BCUT2D eigenvalue weighted by atomic mass is 10.1. The minimum absolute atomic E-state index is 0.123. The molecule has 3 N–H and O–H groups in total. The minimum atomic E-state index is -0.186. The van der Waals surface area contributed by atoms with Gasteiger partial charge in [0, 0.05) is 31.7 Å². The summed E-state index contributed by atoms with van der Waals surface area (Å²) in [6, 6.07) is 14.6. The first-order valence-corrected chi connectivity index (χ1v) is 10.2. The molecule has 154 valence electrons. The highest BCUT2D eigenvalue weighted by atomic mass is 19.1. The normalized spacial score (nSPS) is 14.6. The molecule has 1 fully saturated rings. The lowest BCUT2D eigenvalue weighted by molar-refractivity contribution is -0.119. The Labute approximate surface area is 171 Å². The maximum absolute atomic E-state index is 13.7. The monoisotopic (exact) mass is 396 g/mol. The summed E-state index contributed by atoms with van der Waals surface area (Å²) in [6.45, 7) is 1.16. The third kappa shape index (κ3) is 6.31. The first kappa shape index (κ1) is 20.8. The predicted octanol–water partition coefficient (Wildman–Crippen LogP) is 3.86. The molecule has 0 heterocycles. The van der Waals surface area contributed by atoms with Crippen molar-refractivity contribution in [2.24, 2.45) is 10.9 Å². The van der Waals surface area contributed by atoms with Gasteiger partial charge in [-0.3, -0.25) is 9.79 Å². The van der Waals surface area contributed by atoms with Crippen molar-refractivity contribution in [1.82, 2.24) is 10.6 Å². The molecule has 0 radical (unpaired) electrons. The summed E-state index contributed by atoms with van der Waals surface area (Å²) in [5.74, 6) is 0.739. The Balaban J connectivity index is 1.46. The number of carbonyl (C=O) groups excluding carboxylic acids is 1. The molecule has 0 unspecified atom stereocenters. The van der Waals surface area contributed by atoms with Crippen LogP contribution < -0.4 is 16.0 Å². The van der Waals surface area contributed by atoms with Crippen molar-refractivity contribution in [3.05, 3.63) is 65.5 Å². The van der Waals surface area contributed by atoms with E-state index >= 15 is 0 Å². The largest absolute Gasteiger partial charge is 0.356 e. The summed E-state index contributed by atoms with van der Waals surface area (Å²) >= 11 is 0. The number of nitrogens with one attached hydrogen (secondary N) is 3. The number of anilines is 1. The molecule has 0 bridgehead atoms. The van der Waals surface area contributed by atoms with Crippen molar-refractivity contribution < 1.29 is 9.18 Å². The topological polar surface area (TPSA) is 65.5 Å². The van der Waals surface area contributed by atoms with Crippen LogP contribution in [-0.4, -0.2) is 25.5 Å². The lowest BCUT2D eigenvalue weighted by Gasteiger charge is -2.14. The van der Waals surface area contributed by atoms with Crippen LogP contribution in [0, 0.1) is 11.7 Å². The SMILES string of the molecule is CN=C(NCCc1ccccc1F)NCc1cccc(NC(=O)C2CCCC2)c1. The Morgan fingerprint density at radius 1 is 1.10 bits per heavy atom. The molecule has 3 rings (SSSR count). The van der Waals surface area contributed by atoms with E-state index in [1.807, 2.05) is 30.3 Å². The Morgan fingerprint density at radius 2 is 1.90 bits per heavy atom. The minimum Gasteiger partial charge on any atom is -0.356 e. The fourth-order valence-electron chi connectivity index (χ4n) is 3.61. The molecule has 2 aromatic rings. The highest BCUT2D eigenvalue weighted by Gasteiger charge is 2.22. The number of rotatable bonds is 7. The molecule has 1 aliphatic rings. The van der Waals surface area contributed by atoms with Gasteiger partial charge in [0.1, 0.15) is 5.82 Å². The fourth-order valence-corrected chi connectivity index (χ4v) is 3.61. The molecule has 0 aliphatic heterocycles. The highest BCUT2D eigenvalue weighted by Crippen LogP contribution is 2.26. The first-order chi connectivity index (χ1) is 14.2. The number of hydrogen-bond acceptors (Lipinski definition) is 2. The Morgan fingerprint density at radius 3 is 2.66 bits per heavy atom. The van der Waals surface area contributed by atoms with Crippen LogP contribution in [0.2, 0.25) is 0 Å². The first-order valence-electron chi connectivity index (χ1n) is 10.2. The van der Waals surface area contributed by atoms with Gasteiger partial charge in [-0.1, -0.05) is 43.2 Å². The van der Waals surface area contributed by atoms with Crippen LogP contribution in [0.25, 0.3) is 0 Å². The summed E-state index contributed by atoms with van der Waals surface area (Å²) < 4.78 is 13.7. The Hall–Kier alpha value is -2.89. The van der Waals surface area contributed by atoms with Gasteiger partial charge in [0.05, 0.1) is 0 Å². The highest BCUT2D eigenvalue weighted by molar-refractivity contribution is 5.92. The van der Waals surface area contributed by atoms with E-state index in [1.165, 1.54) is 6.07 Å². The molecule has 0 aromatic heterocycles. The van der Waals surface area contributed by atoms with Gasteiger partial charge in [0.25, 0.3) is 0 Å². The van der Waals surface area contributed by atoms with Crippen LogP contribution in [0.15, 0.2) is 53.5 Å². The van der Waals surface area contributed by atoms with Gasteiger partial charge < -0.3 is 16.0 Å². The third-order valence-electron chi connectivity index (χ3n) is 5.25. The van der Waals surface area contributed by atoms with Gasteiger partial charge in [-0.05, 0) is 48.6 Å². The van der Waals surface area contributed by atoms with Gasteiger partial charge >= 0.3 is 0 Å². The molecular weight excluding hydrogens is 367 g/mol. The van der Waals surface area contributed by atoms with Crippen molar-refractivity contribution in [3.8, 4) is 0 Å². The summed E-state index contributed by atoms with van der Waals surface area (Å²) in [7, 11) is 1.71. The van der Waals surface area contributed by atoms with Gasteiger partial charge in [-0.2, -0.15) is 0 Å². The zero-order valence-corrected chi connectivity index (χ0v) is 16.9. The molecule has 0 saturated heterocycles. The number of aliphatic imine (C=N–C) groups is 1. The number of hydrogen-bond donors (Lipinski definition) is 3. The van der Waals surface area contributed by atoms with E-state index in [2.05, 4.69) is 20.9 Å². The molecule has 1 amide bonds. The van der Waals surface area contributed by atoms with Crippen LogP contribution in [0.3, 0.4) is 0 Å². The Kier molecular flexibility index (Phi) is 7.61. The average molecular weight is 397 g/mol. The van der Waals surface area contributed by atoms with Crippen LogP contribution >= 0.6 is 0 Å². The van der Waals surface area contributed by atoms with Crippen LogP contribution in [0.4, 0.5) is 10.1 Å². The molecule has 0 atom stereocenters. The zero-order valence-electron chi connectivity index (χ0n) is 16.9. The van der Waals surface area contributed by atoms with Gasteiger partial charge in [-0.15, -0.1) is 0 Å². The summed E-state index contributed by atoms with van der Waals surface area (Å²) in [5.41, 5.74) is 2.55. The van der Waals surface area contributed by atoms with E-state index < -0.39 is 0 Å². The van der Waals surface area contributed by atoms with Crippen molar-refractivity contribution in [2.45, 2.75) is 38.6 Å². The molecule has 5 nitrogen and oxygen atoms in total. The van der Waals surface area contributed by atoms with E-state index in [1.54, 1.807) is 19.2 Å². The van der Waals surface area contributed by atoms with E-state index in [0.717, 1.165) is 36.9 Å². The smallest absolute Gasteiger partial charge is 0.227 e. The quantitative estimate of drug-likeness (QED) is 0.492. The number of carbonyl (C=O) groups is 1. The van der Waals surface area contributed by atoms with Gasteiger partial charge in [0.15, 0.2) is 5.96 Å². The number of guanidine groups is 1. The molecular formula is C23H29FN4O. The number of halogens is 1. The van der Waals surface area contributed by atoms with Crippen LogP contribution in [0.5, 0.6) is 0 Å². The fraction of sp³-hybridized carbons (Fsp3) is 0.391. The summed E-state index contributed by atoms with van der Waals surface area (Å²) in [6.07, 6.45) is 4.84. The van der Waals surface area contributed by atoms with E-state index in [-0.39, 0.29) is 17.6 Å². The van der Waals surface area contributed by atoms with Crippen molar-refractivity contribution >= 4 is 17.6 Å². The van der Waals surface area contributed by atoms with Crippen LogP contribution in [0.1, 0.15) is 36.8 Å². The molecule has 0 spiro atoms. The predicted molar refractivity (Wildman–Crippen MR) is 115 cm³/mol. The number of benzene rings is 2. The van der Waals surface area contributed by atoms with E-state index in [0.29, 0.717) is 31.0 Å². The molecule has 6 heteroatoms. The second kappa shape index (κ2) is 10.6. The standard InChI is InChI=1S/C23H29FN4O/c1-25-23(26-14-13-18-8-4-5-12-21(18)24)27-16-17-7-6-11-20(15-17)28-22(29)19-9-2-3-10-19/h4-8,11-12,15,19H,2-3,9-10,13-14,16H2,1H3,(H,28,29)(H2,25,26,27). The third-order valence-corrected chi connectivity index (χ3v) is 5.25. The van der Waals surface area contributed by atoms with Crippen LogP contribution in [-0.2, 0) is 17.8 Å². The van der Waals surface area contributed by atoms with Crippen molar-refractivity contribution in [2.75, 3.05) is 18.9 Å². The maximum atomic E-state index is 13.7. The van der Waals surface area contributed by atoms with Crippen molar-refractivity contribution in [1.29, 1.82) is 0 Å². The van der Waals surface area contributed by atoms with Gasteiger partial charge in [0.2, 0.25) is 5.91 Å². The molecule has 1 saturated carbocycles. The van der Waals surface area contributed by atoms with E-state index in [4.69, 9.17) is 0 Å². The maximum Gasteiger partial charge on any atom is 0.227 e. The van der Waals surface area contributed by atoms with E-state index in [9.17, 15) is 9.18 Å². The second-order valence-electron chi connectivity index (χ2n) is 7.36. The average Bonchev–Trinajstić information content (AvgIpc) is 3.27. The zero-order chi connectivity index (χ0) is 20.5. The summed E-state index contributed by atoms with van der Waals surface area (Å²) in [5, 5.41) is 9.49. The number of nitrogens with zero attached hydrogens (tertiary/aromatic N) is 1. The number of amides is 1.